The summed E-state index contributed by atoms with van der Waals surface area (Å²) in [6, 6.07) is -0.466. The largest absolute Gasteiger partial charge is 0.464 e. The van der Waals surface area contributed by atoms with E-state index in [1.165, 1.54) is 77.6 Å². The van der Waals surface area contributed by atoms with Gasteiger partial charge in [-0.25, -0.2) is 0 Å². The molecule has 4 heteroatoms. The first-order chi connectivity index (χ1) is 11.6. The van der Waals surface area contributed by atoms with Gasteiger partial charge in [-0.3, -0.25) is 4.79 Å². The molecule has 0 heterocycles. The lowest BCUT2D eigenvalue weighted by Gasteiger charge is -2.18. The van der Waals surface area contributed by atoms with E-state index in [9.17, 15) is 9.90 Å². The Labute approximate surface area is 149 Å². The summed E-state index contributed by atoms with van der Waals surface area (Å²) in [5, 5.41) is 9.89. The Hall–Kier alpha value is -0.610. The zero-order chi connectivity index (χ0) is 18.0. The molecule has 0 aliphatic heterocycles. The molecule has 2 atom stereocenters. The molecular weight excluding hydrogens is 302 g/mol. The Morgan fingerprint density at radius 2 is 1.29 bits per heavy atom. The van der Waals surface area contributed by atoms with E-state index in [4.69, 9.17) is 10.5 Å². The monoisotopic (exact) mass is 343 g/mol. The van der Waals surface area contributed by atoms with Crippen LogP contribution in [0.3, 0.4) is 0 Å². The fraction of sp³-hybridized carbons (Fsp3) is 0.950. The summed E-state index contributed by atoms with van der Waals surface area (Å²) in [7, 11) is 0. The number of hydrogen-bond donors (Lipinski definition) is 2. The van der Waals surface area contributed by atoms with Gasteiger partial charge < -0.3 is 15.6 Å². The van der Waals surface area contributed by atoms with E-state index in [1.54, 1.807) is 0 Å². The van der Waals surface area contributed by atoms with Gasteiger partial charge >= 0.3 is 5.97 Å². The van der Waals surface area contributed by atoms with Crippen molar-refractivity contribution in [1.82, 2.24) is 0 Å². The number of carbonyl (C=O) groups excluding carboxylic acids is 1. The Kier molecular flexibility index (Phi) is 16.8. The van der Waals surface area contributed by atoms with E-state index >= 15 is 0 Å². The molecule has 2 unspecified atom stereocenters. The Bertz CT molecular complexity index is 284. The van der Waals surface area contributed by atoms with Gasteiger partial charge in [0.1, 0.15) is 6.61 Å². The van der Waals surface area contributed by atoms with E-state index in [-0.39, 0.29) is 12.6 Å². The molecule has 0 radical (unpaired) electrons. The lowest BCUT2D eigenvalue weighted by Crippen LogP contribution is -2.39. The number of ether oxygens (including phenoxy) is 1. The summed E-state index contributed by atoms with van der Waals surface area (Å²) in [5.74, 6) is -0.349. The summed E-state index contributed by atoms with van der Waals surface area (Å²) in [6.07, 6.45) is 17.2. The van der Waals surface area contributed by atoms with Crippen LogP contribution in [0, 0.1) is 0 Å². The zero-order valence-electron chi connectivity index (χ0n) is 16.1. The molecule has 0 fully saturated rings. The summed E-state index contributed by atoms with van der Waals surface area (Å²) >= 11 is 0. The topological polar surface area (TPSA) is 72.6 Å². The predicted molar refractivity (Wildman–Crippen MR) is 101 cm³/mol. The van der Waals surface area contributed by atoms with Crippen LogP contribution in [0.5, 0.6) is 0 Å². The number of unbranched alkanes of at least 4 members (excludes halogenated alkanes) is 12. The SMILES string of the molecule is CCCCCCCCCCCCCCCC(O)C(N)COC(C)=O. The molecule has 0 rings (SSSR count). The van der Waals surface area contributed by atoms with Crippen molar-refractivity contribution < 1.29 is 14.6 Å². The minimum Gasteiger partial charge on any atom is -0.464 e. The quantitative estimate of drug-likeness (QED) is 0.296. The van der Waals surface area contributed by atoms with Gasteiger partial charge in [0.05, 0.1) is 12.1 Å². The maximum Gasteiger partial charge on any atom is 0.302 e. The number of carbonyl (C=O) groups is 1. The van der Waals surface area contributed by atoms with Gasteiger partial charge in [-0.1, -0.05) is 90.4 Å². The zero-order valence-corrected chi connectivity index (χ0v) is 16.1. The standard InChI is InChI=1S/C20H41NO3/c1-3-4-5-6-7-8-9-10-11-12-13-14-15-16-20(23)19(21)17-24-18(2)22/h19-20,23H,3-17,21H2,1-2H3. The van der Waals surface area contributed by atoms with E-state index < -0.39 is 12.1 Å². The van der Waals surface area contributed by atoms with Crippen molar-refractivity contribution in [1.29, 1.82) is 0 Å². The van der Waals surface area contributed by atoms with Crippen LogP contribution >= 0.6 is 0 Å². The van der Waals surface area contributed by atoms with Crippen molar-refractivity contribution in [3.63, 3.8) is 0 Å². The number of aliphatic hydroxyl groups is 1. The van der Waals surface area contributed by atoms with Crippen LogP contribution in [0.4, 0.5) is 0 Å². The Balaban J connectivity index is 3.25. The highest BCUT2D eigenvalue weighted by atomic mass is 16.5. The average molecular weight is 344 g/mol. The van der Waals surface area contributed by atoms with Gasteiger partial charge in [0.15, 0.2) is 0 Å². The summed E-state index contributed by atoms with van der Waals surface area (Å²) in [6.45, 7) is 3.72. The third-order valence-corrected chi connectivity index (χ3v) is 4.58. The van der Waals surface area contributed by atoms with Crippen molar-refractivity contribution in [2.24, 2.45) is 5.73 Å². The van der Waals surface area contributed by atoms with Crippen LogP contribution in [0.25, 0.3) is 0 Å². The highest BCUT2D eigenvalue weighted by Gasteiger charge is 2.15. The lowest BCUT2D eigenvalue weighted by molar-refractivity contribution is -0.142. The molecular formula is C20H41NO3. The lowest BCUT2D eigenvalue weighted by atomic mass is 10.0. The van der Waals surface area contributed by atoms with E-state index in [0.717, 1.165) is 12.8 Å². The second-order valence-corrected chi connectivity index (χ2v) is 7.07. The van der Waals surface area contributed by atoms with Crippen LogP contribution in [-0.2, 0) is 9.53 Å². The second kappa shape index (κ2) is 17.2. The predicted octanol–water partition coefficient (Wildman–Crippen LogP) is 4.72. The van der Waals surface area contributed by atoms with Crippen molar-refractivity contribution in [2.45, 2.75) is 116 Å². The van der Waals surface area contributed by atoms with Gasteiger partial charge in [-0.2, -0.15) is 0 Å². The van der Waals surface area contributed by atoms with Crippen molar-refractivity contribution in [2.75, 3.05) is 6.61 Å². The maximum absolute atomic E-state index is 10.7. The molecule has 0 saturated carbocycles. The summed E-state index contributed by atoms with van der Waals surface area (Å²) in [5.41, 5.74) is 5.79. The molecule has 0 aromatic carbocycles. The molecule has 0 bridgehead atoms. The van der Waals surface area contributed by atoms with Gasteiger partial charge in [-0.05, 0) is 6.42 Å². The van der Waals surface area contributed by atoms with Gasteiger partial charge in [0.2, 0.25) is 0 Å². The minimum atomic E-state index is -0.572. The molecule has 4 nitrogen and oxygen atoms in total. The molecule has 0 aliphatic rings. The third-order valence-electron chi connectivity index (χ3n) is 4.58. The minimum absolute atomic E-state index is 0.106. The highest BCUT2D eigenvalue weighted by molar-refractivity contribution is 5.65. The van der Waals surface area contributed by atoms with Crippen LogP contribution < -0.4 is 5.73 Å². The fourth-order valence-corrected chi connectivity index (χ4v) is 2.91. The number of esters is 1. The third kappa shape index (κ3) is 16.3. The first-order valence-electron chi connectivity index (χ1n) is 10.1. The van der Waals surface area contributed by atoms with E-state index in [1.807, 2.05) is 0 Å². The van der Waals surface area contributed by atoms with Crippen LogP contribution in [0.2, 0.25) is 0 Å². The second-order valence-electron chi connectivity index (χ2n) is 7.07. The van der Waals surface area contributed by atoms with Gasteiger partial charge in [0.25, 0.3) is 0 Å². The summed E-state index contributed by atoms with van der Waals surface area (Å²) in [4.78, 5) is 10.7. The molecule has 0 aliphatic carbocycles. The maximum atomic E-state index is 10.7. The number of rotatable bonds is 17. The van der Waals surface area contributed by atoms with Crippen molar-refractivity contribution in [3.05, 3.63) is 0 Å². The normalized spacial score (nSPS) is 13.7. The molecule has 3 N–H and O–H groups in total. The molecule has 0 saturated heterocycles. The molecule has 144 valence electrons. The number of aliphatic hydroxyl groups excluding tert-OH is 1. The molecule has 0 spiro atoms. The Morgan fingerprint density at radius 3 is 1.71 bits per heavy atom. The average Bonchev–Trinajstić information content (AvgIpc) is 2.56. The molecule has 0 aromatic rings. The van der Waals surface area contributed by atoms with Crippen LogP contribution in [-0.4, -0.2) is 29.8 Å². The van der Waals surface area contributed by atoms with Gasteiger partial charge in [0, 0.05) is 6.92 Å². The Morgan fingerprint density at radius 1 is 0.875 bits per heavy atom. The first-order valence-corrected chi connectivity index (χ1v) is 10.1. The smallest absolute Gasteiger partial charge is 0.302 e. The van der Waals surface area contributed by atoms with E-state index in [2.05, 4.69) is 6.92 Å². The van der Waals surface area contributed by atoms with E-state index in [0.29, 0.717) is 6.42 Å². The molecule has 24 heavy (non-hydrogen) atoms. The number of hydrogen-bond acceptors (Lipinski definition) is 4. The van der Waals surface area contributed by atoms with Crippen molar-refractivity contribution in [3.8, 4) is 0 Å². The van der Waals surface area contributed by atoms with Crippen LogP contribution in [0.1, 0.15) is 104 Å². The molecule has 0 aromatic heterocycles. The van der Waals surface area contributed by atoms with Gasteiger partial charge in [-0.15, -0.1) is 0 Å². The first kappa shape index (κ1) is 23.4. The van der Waals surface area contributed by atoms with Crippen LogP contribution in [0.15, 0.2) is 0 Å². The number of nitrogens with two attached hydrogens (primary N) is 1. The van der Waals surface area contributed by atoms with Crippen molar-refractivity contribution >= 4 is 5.97 Å². The molecule has 0 amide bonds. The summed E-state index contributed by atoms with van der Waals surface area (Å²) < 4.78 is 4.82. The highest BCUT2D eigenvalue weighted by Crippen LogP contribution is 2.13. The fourth-order valence-electron chi connectivity index (χ4n) is 2.91.